The molecule has 1 N–H and O–H groups in total. The van der Waals surface area contributed by atoms with Crippen molar-refractivity contribution >= 4 is 50.0 Å². The molecule has 3 aromatic rings. The highest BCUT2D eigenvalue weighted by Gasteiger charge is 2.10. The lowest BCUT2D eigenvalue weighted by molar-refractivity contribution is 0.102. The third kappa shape index (κ3) is 3.06. The quantitative estimate of drug-likeness (QED) is 0.705. The molecule has 1 aromatic heterocycles. The van der Waals surface area contributed by atoms with Crippen LogP contribution in [-0.2, 0) is 0 Å². The zero-order chi connectivity index (χ0) is 14.8. The minimum atomic E-state index is -0.203. The highest BCUT2D eigenvalue weighted by molar-refractivity contribution is 9.10. The van der Waals surface area contributed by atoms with Gasteiger partial charge >= 0.3 is 0 Å². The van der Waals surface area contributed by atoms with E-state index in [2.05, 4.69) is 26.2 Å². The van der Waals surface area contributed by atoms with Crippen LogP contribution in [0, 0.1) is 0 Å². The molecule has 5 heteroatoms. The monoisotopic (exact) mass is 360 g/mol. The molecular weight excluding hydrogens is 352 g/mol. The minimum Gasteiger partial charge on any atom is -0.320 e. The summed E-state index contributed by atoms with van der Waals surface area (Å²) in [5.74, 6) is -0.203. The Balaban J connectivity index is 2.00. The number of carbonyl (C=O) groups excluding carboxylic acids is 1. The summed E-state index contributed by atoms with van der Waals surface area (Å²) in [5.41, 5.74) is 1.88. The van der Waals surface area contributed by atoms with Crippen molar-refractivity contribution in [2.75, 3.05) is 5.32 Å². The maximum Gasteiger partial charge on any atom is 0.255 e. The van der Waals surface area contributed by atoms with Crippen molar-refractivity contribution in [1.82, 2.24) is 4.98 Å². The highest BCUT2D eigenvalue weighted by atomic mass is 79.9. The van der Waals surface area contributed by atoms with Gasteiger partial charge in [0.2, 0.25) is 0 Å². The highest BCUT2D eigenvalue weighted by Crippen LogP contribution is 2.26. The zero-order valence-electron chi connectivity index (χ0n) is 10.8. The lowest BCUT2D eigenvalue weighted by atomic mass is 10.1. The number of hydrogen-bond acceptors (Lipinski definition) is 2. The Bertz CT molecular complexity index is 835. The Morgan fingerprint density at radius 1 is 1.14 bits per heavy atom. The Morgan fingerprint density at radius 2 is 2.00 bits per heavy atom. The topological polar surface area (TPSA) is 42.0 Å². The number of pyridine rings is 1. The van der Waals surface area contributed by atoms with Crippen molar-refractivity contribution in [3.05, 3.63) is 69.8 Å². The fraction of sp³-hybridized carbons (Fsp3) is 0. The predicted molar refractivity (Wildman–Crippen MR) is 88.8 cm³/mol. The number of aromatic nitrogens is 1. The molecule has 0 fully saturated rings. The van der Waals surface area contributed by atoms with E-state index >= 15 is 0 Å². The molecule has 0 saturated carbocycles. The molecule has 0 radical (unpaired) electrons. The first-order valence-corrected chi connectivity index (χ1v) is 7.42. The molecule has 0 spiro atoms. The molecule has 1 amide bonds. The molecule has 0 atom stereocenters. The molecule has 0 aliphatic carbocycles. The minimum absolute atomic E-state index is 0.203. The van der Waals surface area contributed by atoms with Gasteiger partial charge in [-0.25, -0.2) is 0 Å². The average Bonchev–Trinajstić information content (AvgIpc) is 2.47. The molecule has 0 aliphatic rings. The summed E-state index contributed by atoms with van der Waals surface area (Å²) in [6.45, 7) is 0. The van der Waals surface area contributed by atoms with Gasteiger partial charge in [-0.1, -0.05) is 39.7 Å². The van der Waals surface area contributed by atoms with Gasteiger partial charge in [-0.05, 0) is 36.4 Å². The summed E-state index contributed by atoms with van der Waals surface area (Å²) in [6.07, 6.45) is 1.69. The SMILES string of the molecule is O=C(Nc1cc(Cl)cc2cccnc12)c1cccc(Br)c1. The summed E-state index contributed by atoms with van der Waals surface area (Å²) in [7, 11) is 0. The van der Waals surface area contributed by atoms with Gasteiger partial charge in [-0.2, -0.15) is 0 Å². The molecule has 2 aromatic carbocycles. The Kier molecular flexibility index (Phi) is 3.90. The lowest BCUT2D eigenvalue weighted by Gasteiger charge is -2.09. The van der Waals surface area contributed by atoms with Gasteiger partial charge in [-0.15, -0.1) is 0 Å². The molecule has 0 aliphatic heterocycles. The van der Waals surface area contributed by atoms with Gasteiger partial charge in [0.05, 0.1) is 11.2 Å². The summed E-state index contributed by atoms with van der Waals surface area (Å²) < 4.78 is 0.851. The third-order valence-corrected chi connectivity index (χ3v) is 3.72. The predicted octanol–water partition coefficient (Wildman–Crippen LogP) is 4.90. The Morgan fingerprint density at radius 3 is 2.81 bits per heavy atom. The number of hydrogen-bond donors (Lipinski definition) is 1. The summed E-state index contributed by atoms with van der Waals surface area (Å²) in [6, 6.07) is 14.4. The maximum absolute atomic E-state index is 12.3. The number of nitrogens with zero attached hydrogens (tertiary/aromatic N) is 1. The van der Waals surface area contributed by atoms with Crippen molar-refractivity contribution < 1.29 is 4.79 Å². The van der Waals surface area contributed by atoms with Crippen LogP contribution < -0.4 is 5.32 Å². The Hall–Kier alpha value is -1.91. The second-order valence-electron chi connectivity index (χ2n) is 4.49. The van der Waals surface area contributed by atoms with E-state index < -0.39 is 0 Å². The second kappa shape index (κ2) is 5.84. The number of carbonyl (C=O) groups is 1. The van der Waals surface area contributed by atoms with Crippen LogP contribution in [0.1, 0.15) is 10.4 Å². The van der Waals surface area contributed by atoms with Crippen LogP contribution in [0.15, 0.2) is 59.2 Å². The lowest BCUT2D eigenvalue weighted by Crippen LogP contribution is -2.12. The van der Waals surface area contributed by atoms with E-state index in [1.54, 1.807) is 24.4 Å². The number of halogens is 2. The zero-order valence-corrected chi connectivity index (χ0v) is 13.1. The van der Waals surface area contributed by atoms with E-state index in [0.717, 1.165) is 9.86 Å². The summed E-state index contributed by atoms with van der Waals surface area (Å²) >= 11 is 9.45. The fourth-order valence-electron chi connectivity index (χ4n) is 2.08. The fourth-order valence-corrected chi connectivity index (χ4v) is 2.70. The molecule has 1 heterocycles. The molecule has 0 saturated heterocycles. The molecule has 21 heavy (non-hydrogen) atoms. The molecule has 104 valence electrons. The van der Waals surface area contributed by atoms with Gasteiger partial charge in [0, 0.05) is 26.6 Å². The first-order chi connectivity index (χ1) is 10.1. The molecule has 3 rings (SSSR count). The maximum atomic E-state index is 12.3. The largest absolute Gasteiger partial charge is 0.320 e. The van der Waals surface area contributed by atoms with Crippen molar-refractivity contribution in [2.45, 2.75) is 0 Å². The number of fused-ring (bicyclic) bond motifs is 1. The van der Waals surface area contributed by atoms with E-state index in [1.807, 2.05) is 30.3 Å². The van der Waals surface area contributed by atoms with Gasteiger partial charge in [0.25, 0.3) is 5.91 Å². The van der Waals surface area contributed by atoms with E-state index in [0.29, 0.717) is 21.8 Å². The normalized spacial score (nSPS) is 10.6. The number of benzene rings is 2. The van der Waals surface area contributed by atoms with Crippen LogP contribution in [0.25, 0.3) is 10.9 Å². The molecule has 0 bridgehead atoms. The van der Waals surface area contributed by atoms with Crippen LogP contribution in [0.4, 0.5) is 5.69 Å². The smallest absolute Gasteiger partial charge is 0.255 e. The van der Waals surface area contributed by atoms with Crippen LogP contribution in [0.3, 0.4) is 0 Å². The summed E-state index contributed by atoms with van der Waals surface area (Å²) in [5, 5.41) is 4.30. The first-order valence-electron chi connectivity index (χ1n) is 6.25. The summed E-state index contributed by atoms with van der Waals surface area (Å²) in [4.78, 5) is 16.6. The number of amides is 1. The average molecular weight is 362 g/mol. The number of nitrogens with one attached hydrogen (secondary N) is 1. The second-order valence-corrected chi connectivity index (χ2v) is 5.85. The van der Waals surface area contributed by atoms with Gasteiger partial charge in [0.15, 0.2) is 0 Å². The van der Waals surface area contributed by atoms with Gasteiger partial charge in [-0.3, -0.25) is 9.78 Å². The number of anilines is 1. The van der Waals surface area contributed by atoms with Crippen LogP contribution >= 0.6 is 27.5 Å². The first kappa shape index (κ1) is 14.0. The van der Waals surface area contributed by atoms with Crippen molar-refractivity contribution in [2.24, 2.45) is 0 Å². The molecule has 0 unspecified atom stereocenters. The molecule has 3 nitrogen and oxygen atoms in total. The van der Waals surface area contributed by atoms with Crippen LogP contribution in [0.5, 0.6) is 0 Å². The van der Waals surface area contributed by atoms with Crippen molar-refractivity contribution in [3.63, 3.8) is 0 Å². The number of rotatable bonds is 2. The van der Waals surface area contributed by atoms with Crippen molar-refractivity contribution in [1.29, 1.82) is 0 Å². The van der Waals surface area contributed by atoms with Gasteiger partial charge in [0.1, 0.15) is 0 Å². The van der Waals surface area contributed by atoms with E-state index in [-0.39, 0.29) is 5.91 Å². The van der Waals surface area contributed by atoms with E-state index in [1.165, 1.54) is 0 Å². The van der Waals surface area contributed by atoms with Crippen LogP contribution in [0.2, 0.25) is 5.02 Å². The third-order valence-electron chi connectivity index (χ3n) is 3.00. The van der Waals surface area contributed by atoms with Crippen molar-refractivity contribution in [3.8, 4) is 0 Å². The Labute approximate surface area is 135 Å². The van der Waals surface area contributed by atoms with Crippen LogP contribution in [-0.4, -0.2) is 10.9 Å². The van der Waals surface area contributed by atoms with E-state index in [9.17, 15) is 4.79 Å². The van der Waals surface area contributed by atoms with E-state index in [4.69, 9.17) is 11.6 Å². The molecular formula is C16H10BrClN2O. The standard InChI is InChI=1S/C16H10BrClN2O/c17-12-5-1-3-11(7-12)16(21)20-14-9-13(18)8-10-4-2-6-19-15(10)14/h1-9H,(H,20,21). The van der Waals surface area contributed by atoms with Gasteiger partial charge < -0.3 is 5.32 Å².